The Kier molecular flexibility index (Phi) is 4.79. The van der Waals surface area contributed by atoms with Crippen molar-refractivity contribution >= 4 is 0 Å². The van der Waals surface area contributed by atoms with Crippen LogP contribution in [0.4, 0.5) is 0 Å². The van der Waals surface area contributed by atoms with Gasteiger partial charge in [0.1, 0.15) is 0 Å². The van der Waals surface area contributed by atoms with Crippen LogP contribution in [0.25, 0.3) is 0 Å². The van der Waals surface area contributed by atoms with Crippen molar-refractivity contribution in [3.63, 3.8) is 0 Å². The van der Waals surface area contributed by atoms with Crippen LogP contribution in [0.15, 0.2) is 18.2 Å². The van der Waals surface area contributed by atoms with Crippen LogP contribution in [0.5, 0.6) is 0 Å². The standard InChI is InChI=1S/C16H25NO/c1-4-16-15(5-6-18-16)11-17-10-14-8-12(2)7-13(3)9-14/h7-9,15-17H,4-6,10-11H2,1-3H3. The summed E-state index contributed by atoms with van der Waals surface area (Å²) in [6.07, 6.45) is 2.81. The Morgan fingerprint density at radius 2 is 1.94 bits per heavy atom. The molecule has 0 amide bonds. The van der Waals surface area contributed by atoms with Crippen molar-refractivity contribution in [3.8, 4) is 0 Å². The van der Waals surface area contributed by atoms with E-state index in [1.807, 2.05) is 0 Å². The van der Waals surface area contributed by atoms with Crippen LogP contribution in [0.1, 0.15) is 36.5 Å². The van der Waals surface area contributed by atoms with Crippen LogP contribution < -0.4 is 5.32 Å². The highest BCUT2D eigenvalue weighted by Gasteiger charge is 2.25. The van der Waals surface area contributed by atoms with Gasteiger partial charge >= 0.3 is 0 Å². The Hall–Kier alpha value is -0.860. The van der Waals surface area contributed by atoms with E-state index in [0.717, 1.165) is 26.1 Å². The summed E-state index contributed by atoms with van der Waals surface area (Å²) in [6, 6.07) is 6.76. The zero-order valence-corrected chi connectivity index (χ0v) is 11.8. The molecule has 2 heteroatoms. The fourth-order valence-corrected chi connectivity index (χ4v) is 2.95. The van der Waals surface area contributed by atoms with Crippen molar-refractivity contribution in [2.75, 3.05) is 13.2 Å². The first kappa shape index (κ1) is 13.6. The monoisotopic (exact) mass is 247 g/mol. The molecule has 0 saturated carbocycles. The van der Waals surface area contributed by atoms with E-state index in [1.54, 1.807) is 0 Å². The molecule has 1 aromatic rings. The molecule has 2 atom stereocenters. The maximum atomic E-state index is 5.72. The van der Waals surface area contributed by atoms with Crippen molar-refractivity contribution in [3.05, 3.63) is 34.9 Å². The third-order valence-electron chi connectivity index (χ3n) is 3.77. The van der Waals surface area contributed by atoms with Gasteiger partial charge < -0.3 is 10.1 Å². The van der Waals surface area contributed by atoms with Crippen LogP contribution in [0, 0.1) is 19.8 Å². The van der Waals surface area contributed by atoms with Crippen LogP contribution in [0.3, 0.4) is 0 Å². The van der Waals surface area contributed by atoms with Gasteiger partial charge in [-0.25, -0.2) is 0 Å². The van der Waals surface area contributed by atoms with Gasteiger partial charge in [0.2, 0.25) is 0 Å². The Balaban J connectivity index is 1.81. The number of benzene rings is 1. The molecule has 2 unspecified atom stereocenters. The largest absolute Gasteiger partial charge is 0.378 e. The summed E-state index contributed by atoms with van der Waals surface area (Å²) < 4.78 is 5.72. The fourth-order valence-electron chi connectivity index (χ4n) is 2.95. The van der Waals surface area contributed by atoms with E-state index in [4.69, 9.17) is 4.74 Å². The highest BCUT2D eigenvalue weighted by molar-refractivity contribution is 5.28. The van der Waals surface area contributed by atoms with Gasteiger partial charge in [-0.2, -0.15) is 0 Å². The first-order chi connectivity index (χ1) is 8.69. The molecule has 2 nitrogen and oxygen atoms in total. The molecule has 0 bridgehead atoms. The molecule has 0 radical (unpaired) electrons. The second-order valence-corrected chi connectivity index (χ2v) is 5.49. The quantitative estimate of drug-likeness (QED) is 0.862. The highest BCUT2D eigenvalue weighted by Crippen LogP contribution is 2.22. The number of hydrogen-bond donors (Lipinski definition) is 1. The number of hydrogen-bond acceptors (Lipinski definition) is 2. The molecule has 1 aromatic carbocycles. The number of aryl methyl sites for hydroxylation is 2. The van der Waals surface area contributed by atoms with E-state index in [-0.39, 0.29) is 0 Å². The van der Waals surface area contributed by atoms with E-state index in [2.05, 4.69) is 44.3 Å². The fraction of sp³-hybridized carbons (Fsp3) is 0.625. The molecule has 1 aliphatic rings. The molecule has 1 N–H and O–H groups in total. The van der Waals surface area contributed by atoms with Crippen molar-refractivity contribution in [1.29, 1.82) is 0 Å². The van der Waals surface area contributed by atoms with Crippen LogP contribution in [0.2, 0.25) is 0 Å². The second-order valence-electron chi connectivity index (χ2n) is 5.49. The molecule has 1 aliphatic heterocycles. The maximum Gasteiger partial charge on any atom is 0.0613 e. The van der Waals surface area contributed by atoms with Crippen molar-refractivity contribution in [1.82, 2.24) is 5.32 Å². The van der Waals surface area contributed by atoms with Crippen molar-refractivity contribution < 1.29 is 4.74 Å². The van der Waals surface area contributed by atoms with E-state index in [1.165, 1.54) is 23.1 Å². The Labute approximate surface area is 111 Å². The minimum absolute atomic E-state index is 0.469. The van der Waals surface area contributed by atoms with E-state index in [0.29, 0.717) is 12.0 Å². The summed E-state index contributed by atoms with van der Waals surface area (Å²) in [6.45, 7) is 9.52. The highest BCUT2D eigenvalue weighted by atomic mass is 16.5. The zero-order valence-electron chi connectivity index (χ0n) is 11.8. The molecule has 0 aromatic heterocycles. The van der Waals surface area contributed by atoms with E-state index < -0.39 is 0 Å². The van der Waals surface area contributed by atoms with Crippen LogP contribution in [-0.2, 0) is 11.3 Å². The molecule has 1 saturated heterocycles. The van der Waals surface area contributed by atoms with Gasteiger partial charge in [-0.3, -0.25) is 0 Å². The summed E-state index contributed by atoms with van der Waals surface area (Å²) in [5.41, 5.74) is 4.09. The molecular formula is C16H25NO. The first-order valence-corrected chi connectivity index (χ1v) is 7.08. The predicted octanol–water partition coefficient (Wildman–Crippen LogP) is 3.21. The minimum atomic E-state index is 0.469. The lowest BCUT2D eigenvalue weighted by molar-refractivity contribution is 0.0872. The average molecular weight is 247 g/mol. The Bertz CT molecular complexity index is 368. The van der Waals surface area contributed by atoms with Gasteiger partial charge in [0.15, 0.2) is 0 Å². The van der Waals surface area contributed by atoms with Gasteiger partial charge in [0, 0.05) is 19.7 Å². The third-order valence-corrected chi connectivity index (χ3v) is 3.77. The molecule has 100 valence electrons. The summed E-state index contributed by atoms with van der Waals surface area (Å²) in [5, 5.41) is 3.58. The van der Waals surface area contributed by atoms with Crippen molar-refractivity contribution in [2.24, 2.45) is 5.92 Å². The summed E-state index contributed by atoms with van der Waals surface area (Å²) >= 11 is 0. The third kappa shape index (κ3) is 3.56. The second kappa shape index (κ2) is 6.35. The lowest BCUT2D eigenvalue weighted by Crippen LogP contribution is -2.28. The van der Waals surface area contributed by atoms with Crippen LogP contribution in [-0.4, -0.2) is 19.3 Å². The molecule has 0 spiro atoms. The number of rotatable bonds is 5. The van der Waals surface area contributed by atoms with Gasteiger partial charge in [0.05, 0.1) is 6.10 Å². The van der Waals surface area contributed by atoms with E-state index in [9.17, 15) is 0 Å². The molecule has 2 rings (SSSR count). The minimum Gasteiger partial charge on any atom is -0.378 e. The molecular weight excluding hydrogens is 222 g/mol. The normalized spacial score (nSPS) is 23.5. The summed E-state index contributed by atoms with van der Waals surface area (Å²) in [4.78, 5) is 0. The van der Waals surface area contributed by atoms with Gasteiger partial charge in [-0.05, 0) is 38.2 Å². The maximum absolute atomic E-state index is 5.72. The lowest BCUT2D eigenvalue weighted by Gasteiger charge is -2.17. The first-order valence-electron chi connectivity index (χ1n) is 7.08. The molecule has 1 fully saturated rings. The molecule has 1 heterocycles. The average Bonchev–Trinajstić information content (AvgIpc) is 2.75. The van der Waals surface area contributed by atoms with Gasteiger partial charge in [-0.1, -0.05) is 36.2 Å². The Morgan fingerprint density at radius 1 is 1.22 bits per heavy atom. The number of ether oxygens (including phenoxy) is 1. The summed E-state index contributed by atoms with van der Waals surface area (Å²) in [5.74, 6) is 0.695. The smallest absolute Gasteiger partial charge is 0.0613 e. The molecule has 18 heavy (non-hydrogen) atoms. The summed E-state index contributed by atoms with van der Waals surface area (Å²) in [7, 11) is 0. The SMILES string of the molecule is CCC1OCCC1CNCc1cc(C)cc(C)c1. The van der Waals surface area contributed by atoms with E-state index >= 15 is 0 Å². The number of nitrogens with one attached hydrogen (secondary N) is 1. The van der Waals surface area contributed by atoms with Gasteiger partial charge in [-0.15, -0.1) is 0 Å². The van der Waals surface area contributed by atoms with Crippen LogP contribution >= 0.6 is 0 Å². The van der Waals surface area contributed by atoms with Crippen molar-refractivity contribution in [2.45, 2.75) is 46.3 Å². The van der Waals surface area contributed by atoms with Gasteiger partial charge in [0.25, 0.3) is 0 Å². The zero-order chi connectivity index (χ0) is 13.0. The molecule has 0 aliphatic carbocycles. The predicted molar refractivity (Wildman–Crippen MR) is 75.8 cm³/mol. The lowest BCUT2D eigenvalue weighted by atomic mass is 9.99. The topological polar surface area (TPSA) is 21.3 Å². The Morgan fingerprint density at radius 3 is 2.61 bits per heavy atom.